The zero-order valence-electron chi connectivity index (χ0n) is 10.3. The first-order chi connectivity index (χ1) is 9.47. The van der Waals surface area contributed by atoms with E-state index in [9.17, 15) is 13.2 Å². The van der Waals surface area contributed by atoms with Crippen LogP contribution in [0.15, 0.2) is 48.5 Å². The molecule has 0 aliphatic heterocycles. The topological polar surface area (TPSA) is 83.5 Å². The second-order valence-corrected chi connectivity index (χ2v) is 5.70. The predicted octanol–water partition coefficient (Wildman–Crippen LogP) is 1.72. The Bertz CT molecular complexity index is 753. The first kappa shape index (κ1) is 12.8. The maximum atomic E-state index is 12.1. The van der Waals surface area contributed by atoms with Crippen molar-refractivity contribution in [1.29, 1.82) is 0 Å². The van der Waals surface area contributed by atoms with Crippen molar-refractivity contribution in [3.63, 3.8) is 0 Å². The van der Waals surface area contributed by atoms with Crippen LogP contribution in [-0.2, 0) is 15.1 Å². The molecule has 0 spiro atoms. The van der Waals surface area contributed by atoms with Crippen LogP contribution in [0.2, 0.25) is 0 Å². The first-order valence-corrected chi connectivity index (χ1v) is 7.38. The van der Waals surface area contributed by atoms with Gasteiger partial charge in [0.1, 0.15) is 0 Å². The van der Waals surface area contributed by atoms with E-state index in [0.717, 1.165) is 22.3 Å². The Morgan fingerprint density at radius 1 is 0.950 bits per heavy atom. The molecular weight excluding hydrogens is 278 g/mol. The molecule has 2 N–H and O–H groups in total. The molecule has 0 heterocycles. The third kappa shape index (κ3) is 2.09. The highest BCUT2D eigenvalue weighted by Gasteiger charge is 2.34. The van der Waals surface area contributed by atoms with Gasteiger partial charge in [0.25, 0.3) is 0 Å². The van der Waals surface area contributed by atoms with Gasteiger partial charge in [0, 0.05) is 0 Å². The Kier molecular flexibility index (Phi) is 2.84. The molecule has 0 fully saturated rings. The van der Waals surface area contributed by atoms with Gasteiger partial charge in [0.2, 0.25) is 5.91 Å². The van der Waals surface area contributed by atoms with Crippen molar-refractivity contribution in [3.05, 3.63) is 59.7 Å². The van der Waals surface area contributed by atoms with Crippen LogP contribution < -0.4 is 4.72 Å². The van der Waals surface area contributed by atoms with Crippen LogP contribution in [0.4, 0.5) is 0 Å². The highest BCUT2D eigenvalue weighted by atomic mass is 32.2. The molecule has 20 heavy (non-hydrogen) atoms. The maximum Gasteiger partial charge on any atom is 0.359 e. The standard InChI is InChI=1S/C14H11NO4S/c16-14(15-20(17,18)19)13-11-7-3-1-5-9(11)10-6-2-4-8-12(10)13/h1-8,13H,(H,15,16)(H,17,18,19). The molecule has 102 valence electrons. The Labute approximate surface area is 116 Å². The molecule has 0 aromatic heterocycles. The van der Waals surface area contributed by atoms with E-state index in [1.54, 1.807) is 29.0 Å². The molecule has 0 unspecified atom stereocenters. The monoisotopic (exact) mass is 289 g/mol. The molecule has 3 rings (SSSR count). The van der Waals surface area contributed by atoms with Crippen LogP contribution >= 0.6 is 0 Å². The van der Waals surface area contributed by atoms with Crippen molar-refractivity contribution >= 4 is 16.2 Å². The van der Waals surface area contributed by atoms with Gasteiger partial charge in [0.15, 0.2) is 0 Å². The quantitative estimate of drug-likeness (QED) is 0.825. The molecule has 5 nitrogen and oxygen atoms in total. The smallest absolute Gasteiger partial charge is 0.273 e. The molecule has 1 amide bonds. The average Bonchev–Trinajstić information content (AvgIpc) is 2.71. The van der Waals surface area contributed by atoms with Gasteiger partial charge in [-0.15, -0.1) is 0 Å². The summed E-state index contributed by atoms with van der Waals surface area (Å²) < 4.78 is 32.1. The fraction of sp³-hybridized carbons (Fsp3) is 0.0714. The van der Waals surface area contributed by atoms with Crippen LogP contribution in [0.3, 0.4) is 0 Å². The maximum absolute atomic E-state index is 12.1. The number of carbonyl (C=O) groups excluding carboxylic acids is 1. The molecule has 2 aromatic carbocycles. The summed E-state index contributed by atoms with van der Waals surface area (Å²) >= 11 is 0. The number of hydrogen-bond acceptors (Lipinski definition) is 3. The summed E-state index contributed by atoms with van der Waals surface area (Å²) in [6.07, 6.45) is 0. The lowest BCUT2D eigenvalue weighted by Crippen LogP contribution is -2.33. The van der Waals surface area contributed by atoms with E-state index in [1.165, 1.54) is 0 Å². The summed E-state index contributed by atoms with van der Waals surface area (Å²) in [6, 6.07) is 14.6. The minimum atomic E-state index is -4.57. The van der Waals surface area contributed by atoms with Gasteiger partial charge in [-0.05, 0) is 22.3 Å². The molecule has 1 aliphatic rings. The largest absolute Gasteiger partial charge is 0.359 e. The Morgan fingerprint density at radius 3 is 1.85 bits per heavy atom. The molecule has 6 heteroatoms. The van der Waals surface area contributed by atoms with Gasteiger partial charge in [-0.3, -0.25) is 9.35 Å². The lowest BCUT2D eigenvalue weighted by Gasteiger charge is -2.12. The molecule has 0 bridgehead atoms. The minimum Gasteiger partial charge on any atom is -0.273 e. The van der Waals surface area contributed by atoms with E-state index in [2.05, 4.69) is 0 Å². The van der Waals surface area contributed by atoms with E-state index in [0.29, 0.717) is 0 Å². The molecule has 0 saturated heterocycles. The summed E-state index contributed by atoms with van der Waals surface area (Å²) in [7, 11) is -4.57. The summed E-state index contributed by atoms with van der Waals surface area (Å²) in [5.41, 5.74) is 3.27. The average molecular weight is 289 g/mol. The van der Waals surface area contributed by atoms with Gasteiger partial charge in [-0.2, -0.15) is 8.42 Å². The molecule has 0 saturated carbocycles. The van der Waals surface area contributed by atoms with Crippen LogP contribution in [0.5, 0.6) is 0 Å². The number of carbonyl (C=O) groups is 1. The van der Waals surface area contributed by atoms with Gasteiger partial charge in [0.05, 0.1) is 5.92 Å². The normalized spacial score (nSPS) is 13.7. The Morgan fingerprint density at radius 2 is 1.40 bits per heavy atom. The number of nitrogens with one attached hydrogen (secondary N) is 1. The zero-order chi connectivity index (χ0) is 14.3. The van der Waals surface area contributed by atoms with Crippen molar-refractivity contribution in [2.24, 2.45) is 0 Å². The van der Waals surface area contributed by atoms with Crippen LogP contribution in [0, 0.1) is 0 Å². The fourth-order valence-corrected chi connectivity index (χ4v) is 3.00. The highest BCUT2D eigenvalue weighted by Crippen LogP contribution is 2.44. The summed E-state index contributed by atoms with van der Waals surface area (Å²) in [6.45, 7) is 0. The second kappa shape index (κ2) is 4.43. The van der Waals surface area contributed by atoms with Crippen LogP contribution in [0.25, 0.3) is 11.1 Å². The van der Waals surface area contributed by atoms with Crippen molar-refractivity contribution in [1.82, 2.24) is 4.72 Å². The van der Waals surface area contributed by atoms with E-state index in [1.807, 2.05) is 24.3 Å². The van der Waals surface area contributed by atoms with Crippen LogP contribution in [0.1, 0.15) is 17.0 Å². The number of rotatable bonds is 2. The second-order valence-electron chi connectivity index (χ2n) is 4.55. The predicted molar refractivity (Wildman–Crippen MR) is 73.4 cm³/mol. The summed E-state index contributed by atoms with van der Waals surface area (Å²) in [5.74, 6) is -1.49. The van der Waals surface area contributed by atoms with Crippen molar-refractivity contribution in [2.75, 3.05) is 0 Å². The van der Waals surface area contributed by atoms with Crippen molar-refractivity contribution in [2.45, 2.75) is 5.92 Å². The third-order valence-electron chi connectivity index (χ3n) is 3.33. The Balaban J connectivity index is 2.14. The van der Waals surface area contributed by atoms with Crippen molar-refractivity contribution in [3.8, 4) is 11.1 Å². The van der Waals surface area contributed by atoms with Gasteiger partial charge < -0.3 is 0 Å². The molecule has 2 aromatic rings. The van der Waals surface area contributed by atoms with E-state index in [4.69, 9.17) is 4.55 Å². The lowest BCUT2D eigenvalue weighted by molar-refractivity contribution is -0.119. The minimum absolute atomic E-state index is 0.731. The summed E-state index contributed by atoms with van der Waals surface area (Å²) in [4.78, 5) is 12.1. The number of fused-ring (bicyclic) bond motifs is 3. The number of amides is 1. The SMILES string of the molecule is O=C(NS(=O)(=O)O)C1c2ccccc2-c2ccccc21. The molecular formula is C14H11NO4S. The van der Waals surface area contributed by atoms with E-state index >= 15 is 0 Å². The van der Waals surface area contributed by atoms with Crippen molar-refractivity contribution < 1.29 is 17.8 Å². The molecule has 0 radical (unpaired) electrons. The highest BCUT2D eigenvalue weighted by molar-refractivity contribution is 7.84. The summed E-state index contributed by atoms with van der Waals surface area (Å²) in [5, 5.41) is 0. The third-order valence-corrected chi connectivity index (χ3v) is 3.78. The van der Waals surface area contributed by atoms with E-state index in [-0.39, 0.29) is 0 Å². The Hall–Kier alpha value is -2.18. The van der Waals surface area contributed by atoms with Crippen LogP contribution in [-0.4, -0.2) is 18.9 Å². The molecule has 0 atom stereocenters. The molecule has 1 aliphatic carbocycles. The zero-order valence-corrected chi connectivity index (χ0v) is 11.1. The lowest BCUT2D eigenvalue weighted by atomic mass is 9.96. The van der Waals surface area contributed by atoms with Gasteiger partial charge in [-0.25, -0.2) is 4.72 Å². The number of benzene rings is 2. The first-order valence-electron chi connectivity index (χ1n) is 5.94. The van der Waals surface area contributed by atoms with E-state index < -0.39 is 22.1 Å². The van der Waals surface area contributed by atoms with Gasteiger partial charge >= 0.3 is 10.3 Å². The number of hydrogen-bond donors (Lipinski definition) is 2. The fourth-order valence-electron chi connectivity index (χ4n) is 2.62. The van der Waals surface area contributed by atoms with Gasteiger partial charge in [-0.1, -0.05) is 48.5 Å².